The van der Waals surface area contributed by atoms with E-state index >= 15 is 0 Å². The van der Waals surface area contributed by atoms with Gasteiger partial charge in [0.15, 0.2) is 9.84 Å². The lowest BCUT2D eigenvalue weighted by molar-refractivity contribution is 0.0395. The van der Waals surface area contributed by atoms with Crippen molar-refractivity contribution in [3.63, 3.8) is 0 Å². The van der Waals surface area contributed by atoms with Crippen molar-refractivity contribution in [2.75, 3.05) is 30.3 Å². The van der Waals surface area contributed by atoms with Crippen LogP contribution in [-0.2, 0) is 14.6 Å². The van der Waals surface area contributed by atoms with Gasteiger partial charge in [-0.25, -0.2) is 8.42 Å². The van der Waals surface area contributed by atoms with Gasteiger partial charge in [0, 0.05) is 13.1 Å². The van der Waals surface area contributed by atoms with Gasteiger partial charge >= 0.3 is 0 Å². The molecule has 3 rings (SSSR count). The fourth-order valence-electron chi connectivity index (χ4n) is 2.93. The number of phenols is 1. The van der Waals surface area contributed by atoms with Crippen LogP contribution in [-0.4, -0.2) is 39.0 Å². The Bertz CT molecular complexity index is 819. The van der Waals surface area contributed by atoms with E-state index in [1.807, 2.05) is 23.1 Å². The number of phenolic OH excluding ortho intramolecular Hbond substituents is 1. The lowest BCUT2D eigenvalue weighted by Crippen LogP contribution is -2.39. The maximum absolute atomic E-state index is 12.4. The molecule has 0 bridgehead atoms. The van der Waals surface area contributed by atoms with E-state index in [-0.39, 0.29) is 17.6 Å². The van der Waals surface area contributed by atoms with Crippen molar-refractivity contribution in [3.8, 4) is 5.75 Å². The number of anilines is 1. The van der Waals surface area contributed by atoms with Crippen LogP contribution >= 0.6 is 0 Å². The van der Waals surface area contributed by atoms with E-state index in [1.165, 1.54) is 0 Å². The molecule has 0 spiro atoms. The smallest absolute Gasteiger partial charge is 0.180 e. The maximum atomic E-state index is 12.4. The van der Waals surface area contributed by atoms with Gasteiger partial charge in [-0.05, 0) is 29.8 Å². The summed E-state index contributed by atoms with van der Waals surface area (Å²) >= 11 is 0. The lowest BCUT2D eigenvalue weighted by Gasteiger charge is -2.35. The van der Waals surface area contributed by atoms with Crippen molar-refractivity contribution in [3.05, 3.63) is 54.1 Å². The monoisotopic (exact) mass is 347 g/mol. The number of sulfone groups is 1. The van der Waals surface area contributed by atoms with Crippen LogP contribution in [0.5, 0.6) is 5.75 Å². The molecule has 1 aliphatic heterocycles. The first-order chi connectivity index (χ1) is 11.5. The highest BCUT2D eigenvalue weighted by Crippen LogP contribution is 2.31. The molecule has 0 saturated carbocycles. The van der Waals surface area contributed by atoms with E-state index < -0.39 is 9.84 Å². The van der Waals surface area contributed by atoms with Crippen LogP contribution in [0.15, 0.2) is 53.4 Å². The number of aromatic hydroxyl groups is 1. The third-order valence-electron chi connectivity index (χ3n) is 4.23. The van der Waals surface area contributed by atoms with E-state index in [0.717, 1.165) is 5.56 Å². The van der Waals surface area contributed by atoms with E-state index in [0.29, 0.717) is 30.3 Å². The standard InChI is InChI=1S/C18H21NO4S/c1-2-24(21,22)18-9-4-3-8-16(18)19-10-11-23-17(13-19)14-6-5-7-15(20)12-14/h3-9,12,17,20H,2,10-11,13H2,1H3. The highest BCUT2D eigenvalue weighted by atomic mass is 32.2. The molecule has 128 valence electrons. The van der Waals surface area contributed by atoms with Gasteiger partial charge in [0.25, 0.3) is 0 Å². The molecule has 5 nitrogen and oxygen atoms in total. The molecule has 1 fully saturated rings. The fourth-order valence-corrected chi connectivity index (χ4v) is 4.04. The fraction of sp³-hybridized carbons (Fsp3) is 0.333. The van der Waals surface area contributed by atoms with Gasteiger partial charge < -0.3 is 14.7 Å². The predicted molar refractivity (Wildman–Crippen MR) is 93.2 cm³/mol. The second kappa shape index (κ2) is 6.83. The Hall–Kier alpha value is -2.05. The molecule has 2 aromatic rings. The van der Waals surface area contributed by atoms with Crippen LogP contribution in [0.25, 0.3) is 0 Å². The number of para-hydroxylation sites is 1. The van der Waals surface area contributed by atoms with Crippen molar-refractivity contribution < 1.29 is 18.3 Å². The van der Waals surface area contributed by atoms with Crippen LogP contribution in [0.1, 0.15) is 18.6 Å². The van der Waals surface area contributed by atoms with Gasteiger partial charge in [-0.1, -0.05) is 31.2 Å². The molecule has 6 heteroatoms. The molecule has 1 heterocycles. The minimum atomic E-state index is -3.29. The number of hydrogen-bond acceptors (Lipinski definition) is 5. The van der Waals surface area contributed by atoms with Crippen molar-refractivity contribution in [1.29, 1.82) is 0 Å². The van der Waals surface area contributed by atoms with Crippen LogP contribution < -0.4 is 4.90 Å². The van der Waals surface area contributed by atoms with E-state index in [4.69, 9.17) is 4.74 Å². The molecule has 0 amide bonds. The van der Waals surface area contributed by atoms with Crippen LogP contribution in [0.3, 0.4) is 0 Å². The van der Waals surface area contributed by atoms with Crippen LogP contribution in [0, 0.1) is 0 Å². The summed E-state index contributed by atoms with van der Waals surface area (Å²) < 4.78 is 30.6. The Morgan fingerprint density at radius 3 is 2.75 bits per heavy atom. The van der Waals surface area contributed by atoms with Crippen LogP contribution in [0.4, 0.5) is 5.69 Å². The predicted octanol–water partition coefficient (Wildman–Crippen LogP) is 2.76. The third-order valence-corrected chi connectivity index (χ3v) is 6.00. The molecule has 0 radical (unpaired) electrons. The Balaban J connectivity index is 1.91. The molecular formula is C18H21NO4S. The largest absolute Gasteiger partial charge is 0.508 e. The van der Waals surface area contributed by atoms with E-state index in [1.54, 1.807) is 37.3 Å². The number of rotatable bonds is 4. The summed E-state index contributed by atoms with van der Waals surface area (Å²) in [6.07, 6.45) is -0.205. The highest BCUT2D eigenvalue weighted by Gasteiger charge is 2.26. The molecule has 1 N–H and O–H groups in total. The highest BCUT2D eigenvalue weighted by molar-refractivity contribution is 7.91. The minimum absolute atomic E-state index is 0.0737. The van der Waals surface area contributed by atoms with Crippen molar-refractivity contribution in [2.24, 2.45) is 0 Å². The summed E-state index contributed by atoms with van der Waals surface area (Å²) in [5.74, 6) is 0.270. The summed E-state index contributed by atoms with van der Waals surface area (Å²) in [5, 5.41) is 9.66. The van der Waals surface area contributed by atoms with Gasteiger partial charge in [-0.3, -0.25) is 0 Å². The number of morpholine rings is 1. The van der Waals surface area contributed by atoms with Gasteiger partial charge in [0.05, 0.1) is 22.9 Å². The Labute approximate surface area is 142 Å². The number of hydrogen-bond donors (Lipinski definition) is 1. The average Bonchev–Trinajstić information content (AvgIpc) is 2.62. The van der Waals surface area contributed by atoms with E-state index in [9.17, 15) is 13.5 Å². The second-order valence-electron chi connectivity index (χ2n) is 5.77. The van der Waals surface area contributed by atoms with Gasteiger partial charge in [0.1, 0.15) is 11.9 Å². The Morgan fingerprint density at radius 2 is 2.00 bits per heavy atom. The normalized spacial score (nSPS) is 18.5. The minimum Gasteiger partial charge on any atom is -0.508 e. The second-order valence-corrected chi connectivity index (χ2v) is 8.02. The molecule has 1 unspecified atom stereocenters. The first-order valence-corrected chi connectivity index (χ1v) is 9.64. The molecule has 1 atom stereocenters. The molecule has 0 aliphatic carbocycles. The molecule has 2 aromatic carbocycles. The summed E-state index contributed by atoms with van der Waals surface area (Å²) in [5.41, 5.74) is 1.60. The Morgan fingerprint density at radius 1 is 1.21 bits per heavy atom. The molecular weight excluding hydrogens is 326 g/mol. The quantitative estimate of drug-likeness (QED) is 0.921. The van der Waals surface area contributed by atoms with E-state index in [2.05, 4.69) is 0 Å². The van der Waals surface area contributed by atoms with Crippen molar-refractivity contribution in [2.45, 2.75) is 17.9 Å². The zero-order chi connectivity index (χ0) is 17.2. The van der Waals surface area contributed by atoms with Gasteiger partial charge in [0.2, 0.25) is 0 Å². The summed E-state index contributed by atoms with van der Waals surface area (Å²) in [4.78, 5) is 2.41. The average molecular weight is 347 g/mol. The number of nitrogens with zero attached hydrogens (tertiary/aromatic N) is 1. The van der Waals surface area contributed by atoms with Gasteiger partial charge in [-0.15, -0.1) is 0 Å². The van der Waals surface area contributed by atoms with Crippen molar-refractivity contribution >= 4 is 15.5 Å². The molecule has 0 aromatic heterocycles. The SMILES string of the molecule is CCS(=O)(=O)c1ccccc1N1CCOC(c2cccc(O)c2)C1. The van der Waals surface area contributed by atoms with Gasteiger partial charge in [-0.2, -0.15) is 0 Å². The number of benzene rings is 2. The molecule has 1 saturated heterocycles. The molecule has 1 aliphatic rings. The lowest BCUT2D eigenvalue weighted by atomic mass is 10.1. The topological polar surface area (TPSA) is 66.8 Å². The zero-order valence-electron chi connectivity index (χ0n) is 13.6. The number of ether oxygens (including phenoxy) is 1. The first kappa shape index (κ1) is 16.8. The van der Waals surface area contributed by atoms with Crippen LogP contribution in [0.2, 0.25) is 0 Å². The summed E-state index contributed by atoms with van der Waals surface area (Å²) in [7, 11) is -3.29. The Kier molecular flexibility index (Phi) is 4.78. The summed E-state index contributed by atoms with van der Waals surface area (Å²) in [6.45, 7) is 3.33. The first-order valence-electron chi connectivity index (χ1n) is 7.98. The molecule has 24 heavy (non-hydrogen) atoms. The third kappa shape index (κ3) is 3.39. The zero-order valence-corrected chi connectivity index (χ0v) is 14.4. The summed E-state index contributed by atoms with van der Waals surface area (Å²) in [6, 6.07) is 14.1. The maximum Gasteiger partial charge on any atom is 0.180 e. The van der Waals surface area contributed by atoms with Crippen molar-refractivity contribution in [1.82, 2.24) is 0 Å².